The van der Waals surface area contributed by atoms with E-state index < -0.39 is 11.9 Å². The summed E-state index contributed by atoms with van der Waals surface area (Å²) in [6, 6.07) is 8.56. The van der Waals surface area contributed by atoms with Gasteiger partial charge < -0.3 is 29.2 Å². The molecule has 3 aromatic rings. The number of aromatic nitrogens is 1. The predicted octanol–water partition coefficient (Wildman–Crippen LogP) is 4.77. The number of halogens is 1. The summed E-state index contributed by atoms with van der Waals surface area (Å²) in [5.41, 5.74) is 5.44. The van der Waals surface area contributed by atoms with E-state index in [0.717, 1.165) is 59.6 Å². The molecule has 3 aliphatic rings. The Kier molecular flexibility index (Phi) is 11.9. The molecule has 2 aromatic carbocycles. The SMILES string of the molecule is CCN(CC1CCN1Cc1c(OC)cc(-c2cn(C)c(=O)c(C)c2C)cc1OC)C(=O)CC1CCN(c2ccc(NC3CCC(=O)NC3=O)cc2F)CC1. The second-order valence-corrected chi connectivity index (χ2v) is 14.9. The van der Waals surface area contributed by atoms with E-state index >= 15 is 4.39 Å². The van der Waals surface area contributed by atoms with Crippen molar-refractivity contribution in [3.8, 4) is 22.6 Å². The van der Waals surface area contributed by atoms with Gasteiger partial charge in [-0.25, -0.2) is 4.39 Å². The van der Waals surface area contributed by atoms with Gasteiger partial charge in [0.15, 0.2) is 0 Å². The van der Waals surface area contributed by atoms with Gasteiger partial charge in [-0.2, -0.15) is 0 Å². The topological polar surface area (TPSA) is 125 Å². The minimum Gasteiger partial charge on any atom is -0.496 e. The maximum atomic E-state index is 15.2. The Morgan fingerprint density at radius 3 is 2.28 bits per heavy atom. The van der Waals surface area contributed by atoms with Crippen LogP contribution in [0.2, 0.25) is 0 Å². The first kappa shape index (κ1) is 38.8. The van der Waals surface area contributed by atoms with Crippen molar-refractivity contribution >= 4 is 29.1 Å². The number of carbonyl (C=O) groups excluding carboxylic acids is 3. The second kappa shape index (κ2) is 16.6. The van der Waals surface area contributed by atoms with E-state index in [0.29, 0.717) is 62.5 Å². The highest BCUT2D eigenvalue weighted by Gasteiger charge is 2.34. The van der Waals surface area contributed by atoms with E-state index in [1.165, 1.54) is 6.07 Å². The first-order valence-electron chi connectivity index (χ1n) is 19.0. The van der Waals surface area contributed by atoms with Crippen molar-refractivity contribution in [3.05, 3.63) is 69.4 Å². The molecule has 3 saturated heterocycles. The summed E-state index contributed by atoms with van der Waals surface area (Å²) in [6.45, 7) is 9.95. The van der Waals surface area contributed by atoms with Crippen LogP contribution < -0.4 is 30.6 Å². The number of imide groups is 1. The van der Waals surface area contributed by atoms with Gasteiger partial charge in [0.2, 0.25) is 17.7 Å². The Bertz CT molecular complexity index is 1930. The predicted molar refractivity (Wildman–Crippen MR) is 207 cm³/mol. The molecule has 0 aliphatic carbocycles. The van der Waals surface area contributed by atoms with Crippen molar-refractivity contribution in [2.75, 3.05) is 57.2 Å². The van der Waals surface area contributed by atoms with Crippen molar-refractivity contribution in [2.24, 2.45) is 13.0 Å². The lowest BCUT2D eigenvalue weighted by Crippen LogP contribution is -2.54. The Morgan fingerprint density at radius 2 is 1.69 bits per heavy atom. The number of hydrogen-bond donors (Lipinski definition) is 2. The summed E-state index contributed by atoms with van der Waals surface area (Å²) in [5.74, 6) is 0.756. The highest BCUT2D eigenvalue weighted by Crippen LogP contribution is 2.39. The summed E-state index contributed by atoms with van der Waals surface area (Å²) in [7, 11) is 5.08. The number of carbonyl (C=O) groups is 3. The van der Waals surface area contributed by atoms with E-state index in [2.05, 4.69) is 15.5 Å². The molecule has 2 N–H and O–H groups in total. The number of rotatable bonds is 13. The lowest BCUT2D eigenvalue weighted by Gasteiger charge is -2.44. The fourth-order valence-electron chi connectivity index (χ4n) is 7.98. The Hall–Kier alpha value is -4.91. The number of methoxy groups -OCH3 is 2. The standard InChI is InChI=1S/C41H53FN6O6/c1-7-46(39(50)18-27-12-15-47(16-13-27)35-10-8-29(21-33(35)42)43-34-9-11-38(49)44-40(34)51)22-30-14-17-48(30)24-32-36(53-5)19-28(20-37(32)54-6)31-23-45(4)41(52)26(3)25(31)2/h8,10,19-21,23,27,30,34,43H,7,9,11-18,22,24H2,1-6H3,(H,44,49,51). The van der Waals surface area contributed by atoms with Crippen LogP contribution in [0.1, 0.15) is 62.1 Å². The zero-order valence-corrected chi connectivity index (χ0v) is 32.3. The molecule has 1 aromatic heterocycles. The molecule has 6 rings (SSSR count). The smallest absolute Gasteiger partial charge is 0.253 e. The van der Waals surface area contributed by atoms with Gasteiger partial charge in [-0.15, -0.1) is 0 Å². The van der Waals surface area contributed by atoms with Gasteiger partial charge in [0.25, 0.3) is 5.56 Å². The number of hydrogen-bond acceptors (Lipinski definition) is 9. The van der Waals surface area contributed by atoms with Crippen LogP contribution in [0.25, 0.3) is 11.1 Å². The fraction of sp³-hybridized carbons (Fsp3) is 0.512. The summed E-state index contributed by atoms with van der Waals surface area (Å²) in [6.07, 6.45) is 5.53. The largest absolute Gasteiger partial charge is 0.496 e. The van der Waals surface area contributed by atoms with Crippen LogP contribution in [0.3, 0.4) is 0 Å². The molecule has 3 aliphatic heterocycles. The minimum absolute atomic E-state index is 0.0143. The van der Waals surface area contributed by atoms with E-state index in [9.17, 15) is 19.2 Å². The minimum atomic E-state index is -0.574. The first-order chi connectivity index (χ1) is 25.9. The number of ether oxygens (including phenoxy) is 2. The van der Waals surface area contributed by atoms with Crippen molar-refractivity contribution in [2.45, 2.75) is 77.9 Å². The van der Waals surface area contributed by atoms with Gasteiger partial charge >= 0.3 is 0 Å². The maximum Gasteiger partial charge on any atom is 0.253 e. The molecular formula is C41H53FN6O6. The Labute approximate surface area is 316 Å². The van der Waals surface area contributed by atoms with E-state index in [1.807, 2.05) is 48.9 Å². The molecule has 3 amide bonds. The molecule has 290 valence electrons. The van der Waals surface area contributed by atoms with Crippen LogP contribution in [-0.4, -0.2) is 91.1 Å². The van der Waals surface area contributed by atoms with Crippen LogP contribution in [0.4, 0.5) is 15.8 Å². The van der Waals surface area contributed by atoms with Crippen molar-refractivity contribution in [1.29, 1.82) is 0 Å². The molecule has 3 fully saturated rings. The molecule has 2 atom stereocenters. The molecule has 0 radical (unpaired) electrons. The molecule has 12 nitrogen and oxygen atoms in total. The number of pyridine rings is 1. The van der Waals surface area contributed by atoms with Crippen molar-refractivity contribution in [3.63, 3.8) is 0 Å². The Balaban J connectivity index is 1.03. The number of aryl methyl sites for hydroxylation is 1. The average Bonchev–Trinajstić information content (AvgIpc) is 3.15. The van der Waals surface area contributed by atoms with E-state index in [1.54, 1.807) is 38.0 Å². The van der Waals surface area contributed by atoms with Gasteiger partial charge in [-0.3, -0.25) is 29.4 Å². The summed E-state index contributed by atoms with van der Waals surface area (Å²) >= 11 is 0. The number of likely N-dealkylation sites (N-methyl/N-ethyl adjacent to an activating group) is 1. The number of likely N-dealkylation sites (tertiary alicyclic amines) is 1. The highest BCUT2D eigenvalue weighted by molar-refractivity contribution is 6.01. The zero-order valence-electron chi connectivity index (χ0n) is 32.3. The lowest BCUT2D eigenvalue weighted by molar-refractivity contribution is -0.134. The molecule has 2 unspecified atom stereocenters. The molecular weight excluding hydrogens is 691 g/mol. The molecule has 0 bridgehead atoms. The number of amides is 3. The van der Waals surface area contributed by atoms with Crippen LogP contribution in [0.5, 0.6) is 11.5 Å². The summed E-state index contributed by atoms with van der Waals surface area (Å²) in [4.78, 5) is 56.0. The number of nitrogens with zero attached hydrogens (tertiary/aromatic N) is 4. The van der Waals surface area contributed by atoms with Crippen molar-refractivity contribution < 1.29 is 28.2 Å². The molecule has 4 heterocycles. The van der Waals surface area contributed by atoms with Crippen LogP contribution in [0.15, 0.2) is 41.3 Å². The third-order valence-corrected chi connectivity index (χ3v) is 11.6. The van der Waals surface area contributed by atoms with Gasteiger partial charge in [0.1, 0.15) is 23.4 Å². The molecule has 54 heavy (non-hydrogen) atoms. The summed E-state index contributed by atoms with van der Waals surface area (Å²) in [5, 5.41) is 5.35. The van der Waals surface area contributed by atoms with Crippen LogP contribution >= 0.6 is 0 Å². The molecule has 0 spiro atoms. The number of benzene rings is 2. The highest BCUT2D eigenvalue weighted by atomic mass is 19.1. The zero-order chi connectivity index (χ0) is 38.7. The maximum absolute atomic E-state index is 15.2. The normalized spacial score (nSPS) is 19.3. The van der Waals surface area contributed by atoms with E-state index in [-0.39, 0.29) is 41.6 Å². The average molecular weight is 745 g/mol. The molecule has 0 saturated carbocycles. The molecule has 13 heteroatoms. The van der Waals surface area contributed by atoms with E-state index in [4.69, 9.17) is 9.47 Å². The number of nitrogens with one attached hydrogen (secondary N) is 2. The third kappa shape index (κ3) is 8.25. The lowest BCUT2D eigenvalue weighted by atomic mass is 9.92. The number of piperidine rings is 2. The van der Waals surface area contributed by atoms with Gasteiger partial charge in [-0.1, -0.05) is 0 Å². The first-order valence-corrected chi connectivity index (χ1v) is 19.0. The quantitative estimate of drug-likeness (QED) is 0.238. The van der Waals surface area contributed by atoms with Gasteiger partial charge in [-0.05, 0) is 93.8 Å². The summed E-state index contributed by atoms with van der Waals surface area (Å²) < 4.78 is 28.6. The van der Waals surface area contributed by atoms with Gasteiger partial charge in [0.05, 0.1) is 25.5 Å². The van der Waals surface area contributed by atoms with Crippen molar-refractivity contribution in [1.82, 2.24) is 19.7 Å². The van der Waals surface area contributed by atoms with Gasteiger partial charge in [0, 0.05) is 88.2 Å². The number of anilines is 2. The van der Waals surface area contributed by atoms with Crippen LogP contribution in [0, 0.1) is 25.6 Å². The fourth-order valence-corrected chi connectivity index (χ4v) is 7.98. The third-order valence-electron chi connectivity index (χ3n) is 11.6. The monoisotopic (exact) mass is 744 g/mol. The van der Waals surface area contributed by atoms with Crippen LogP contribution in [-0.2, 0) is 28.0 Å². The second-order valence-electron chi connectivity index (χ2n) is 14.9. The Morgan fingerprint density at radius 1 is 0.981 bits per heavy atom.